The summed E-state index contributed by atoms with van der Waals surface area (Å²) in [7, 11) is 0. The van der Waals surface area contributed by atoms with Gasteiger partial charge in [0.1, 0.15) is 5.52 Å². The first-order chi connectivity index (χ1) is 9.29. The molecule has 3 nitrogen and oxygen atoms in total. The van der Waals surface area contributed by atoms with E-state index in [1.165, 1.54) is 10.5 Å². The molecule has 1 atom stereocenters. The highest BCUT2D eigenvalue weighted by Gasteiger charge is 2.27. The number of nitrogen functional groups attached to an aromatic ring is 1. The minimum absolute atomic E-state index is 0.269. The average Bonchev–Trinajstić information content (AvgIpc) is 3.00. The van der Waals surface area contributed by atoms with Crippen LogP contribution in [0.3, 0.4) is 0 Å². The van der Waals surface area contributed by atoms with Gasteiger partial charge in [-0.15, -0.1) is 11.8 Å². The van der Waals surface area contributed by atoms with E-state index in [0.717, 1.165) is 23.4 Å². The van der Waals surface area contributed by atoms with Crippen LogP contribution in [0.5, 0.6) is 0 Å². The average molecular weight is 268 g/mol. The van der Waals surface area contributed by atoms with E-state index >= 15 is 0 Å². The summed E-state index contributed by atoms with van der Waals surface area (Å²) in [6.45, 7) is 0. The fourth-order valence-corrected chi connectivity index (χ4v) is 3.65. The van der Waals surface area contributed by atoms with Crippen LogP contribution in [0.15, 0.2) is 51.8 Å². The van der Waals surface area contributed by atoms with Crippen molar-refractivity contribution in [1.29, 1.82) is 0 Å². The molecule has 0 amide bonds. The van der Waals surface area contributed by atoms with Crippen LogP contribution in [-0.2, 0) is 6.42 Å². The summed E-state index contributed by atoms with van der Waals surface area (Å²) in [5.74, 6) is 0.793. The van der Waals surface area contributed by atoms with Crippen molar-refractivity contribution in [2.75, 3.05) is 5.73 Å². The van der Waals surface area contributed by atoms with Gasteiger partial charge in [-0.2, -0.15) is 0 Å². The van der Waals surface area contributed by atoms with Gasteiger partial charge in [0, 0.05) is 16.6 Å². The van der Waals surface area contributed by atoms with Crippen molar-refractivity contribution < 1.29 is 4.42 Å². The first-order valence-corrected chi connectivity index (χ1v) is 7.08. The van der Waals surface area contributed by atoms with Crippen LogP contribution >= 0.6 is 11.8 Å². The molecule has 0 radical (unpaired) electrons. The zero-order chi connectivity index (χ0) is 12.8. The Morgan fingerprint density at radius 2 is 2.11 bits per heavy atom. The highest BCUT2D eigenvalue weighted by molar-refractivity contribution is 7.99. The molecule has 4 heteroatoms. The number of rotatable bonds is 1. The molecule has 1 aliphatic rings. The molecule has 0 aliphatic carbocycles. The van der Waals surface area contributed by atoms with E-state index < -0.39 is 0 Å². The molecule has 3 aromatic rings. The molecule has 0 bridgehead atoms. The predicted octanol–water partition coefficient (Wildman–Crippen LogP) is 3.80. The number of thioether (sulfide) groups is 1. The molecule has 0 fully saturated rings. The van der Waals surface area contributed by atoms with Crippen molar-refractivity contribution in [2.45, 2.75) is 16.6 Å². The molecule has 1 aliphatic heterocycles. The van der Waals surface area contributed by atoms with Gasteiger partial charge in [0.05, 0.1) is 5.25 Å². The summed E-state index contributed by atoms with van der Waals surface area (Å²) in [4.78, 5) is 5.90. The van der Waals surface area contributed by atoms with Crippen LogP contribution in [0.2, 0.25) is 0 Å². The molecule has 2 N–H and O–H groups in total. The second-order valence-corrected chi connectivity index (χ2v) is 5.94. The van der Waals surface area contributed by atoms with Gasteiger partial charge in [0.15, 0.2) is 5.58 Å². The third-order valence-corrected chi connectivity index (χ3v) is 4.66. The fourth-order valence-electron chi connectivity index (χ4n) is 2.42. The van der Waals surface area contributed by atoms with Gasteiger partial charge in [-0.3, -0.25) is 0 Å². The number of benzene rings is 2. The van der Waals surface area contributed by atoms with Gasteiger partial charge in [0.25, 0.3) is 0 Å². The van der Waals surface area contributed by atoms with E-state index in [4.69, 9.17) is 10.2 Å². The second kappa shape index (κ2) is 4.03. The summed E-state index contributed by atoms with van der Waals surface area (Å²) in [5.41, 5.74) is 9.49. The molecule has 94 valence electrons. The van der Waals surface area contributed by atoms with E-state index in [1.54, 1.807) is 0 Å². The van der Waals surface area contributed by atoms with E-state index in [2.05, 4.69) is 29.2 Å². The number of hydrogen-bond donors (Lipinski definition) is 1. The van der Waals surface area contributed by atoms with Crippen LogP contribution in [-0.4, -0.2) is 4.98 Å². The minimum atomic E-state index is 0.269. The third kappa shape index (κ3) is 1.79. The number of hydrogen-bond acceptors (Lipinski definition) is 4. The SMILES string of the molecule is Nc1ccc2nc(C3Cc4ccccc4S3)oc2c1. The lowest BCUT2D eigenvalue weighted by Gasteiger charge is -2.01. The number of nitrogens with zero attached hydrogens (tertiary/aromatic N) is 1. The normalized spacial score (nSPS) is 17.8. The van der Waals surface area contributed by atoms with Crippen molar-refractivity contribution in [2.24, 2.45) is 0 Å². The first-order valence-electron chi connectivity index (χ1n) is 6.20. The van der Waals surface area contributed by atoms with E-state index in [1.807, 2.05) is 30.0 Å². The zero-order valence-electron chi connectivity index (χ0n) is 10.2. The molecule has 4 rings (SSSR count). The maximum Gasteiger partial charge on any atom is 0.209 e. The summed E-state index contributed by atoms with van der Waals surface area (Å²) >= 11 is 1.82. The summed E-state index contributed by atoms with van der Waals surface area (Å²) in [6.07, 6.45) is 0.975. The number of oxazole rings is 1. The van der Waals surface area contributed by atoms with Gasteiger partial charge in [-0.25, -0.2) is 4.98 Å². The Morgan fingerprint density at radius 1 is 1.21 bits per heavy atom. The summed E-state index contributed by atoms with van der Waals surface area (Å²) in [5, 5.41) is 0.269. The number of nitrogens with two attached hydrogens (primary N) is 1. The molecule has 0 spiro atoms. The quantitative estimate of drug-likeness (QED) is 0.682. The molecular formula is C15H12N2OS. The Labute approximate surface area is 114 Å². The van der Waals surface area contributed by atoms with Gasteiger partial charge < -0.3 is 10.2 Å². The molecule has 2 aromatic carbocycles. The van der Waals surface area contributed by atoms with Crippen molar-refractivity contribution >= 4 is 28.5 Å². The molecule has 2 heterocycles. The molecule has 1 aromatic heterocycles. The Hall–Kier alpha value is -1.94. The Kier molecular flexibility index (Phi) is 2.32. The van der Waals surface area contributed by atoms with Crippen LogP contribution in [0.1, 0.15) is 16.7 Å². The van der Waals surface area contributed by atoms with E-state index in [9.17, 15) is 0 Å². The minimum Gasteiger partial charge on any atom is -0.439 e. The van der Waals surface area contributed by atoms with Crippen LogP contribution in [0, 0.1) is 0 Å². The number of anilines is 1. The standard InChI is InChI=1S/C15H12N2OS/c16-10-5-6-11-12(8-10)18-15(17-11)14-7-9-3-1-2-4-13(9)19-14/h1-6,8,14H,7,16H2. The largest absolute Gasteiger partial charge is 0.439 e. The topological polar surface area (TPSA) is 52.0 Å². The molecule has 1 unspecified atom stereocenters. The van der Waals surface area contributed by atoms with Crippen LogP contribution in [0.25, 0.3) is 11.1 Å². The van der Waals surface area contributed by atoms with E-state index in [0.29, 0.717) is 5.69 Å². The smallest absolute Gasteiger partial charge is 0.209 e. The first kappa shape index (κ1) is 10.9. The molecule has 19 heavy (non-hydrogen) atoms. The lowest BCUT2D eigenvalue weighted by atomic mass is 10.1. The van der Waals surface area contributed by atoms with Crippen LogP contribution in [0.4, 0.5) is 5.69 Å². The highest BCUT2D eigenvalue weighted by atomic mass is 32.2. The molecular weight excluding hydrogens is 256 g/mol. The maximum absolute atomic E-state index is 5.85. The van der Waals surface area contributed by atoms with Gasteiger partial charge in [-0.1, -0.05) is 18.2 Å². The molecule has 0 saturated heterocycles. The predicted molar refractivity (Wildman–Crippen MR) is 77.2 cm³/mol. The van der Waals surface area contributed by atoms with Crippen molar-refractivity contribution in [3.05, 3.63) is 53.9 Å². The summed E-state index contributed by atoms with van der Waals surface area (Å²) < 4.78 is 5.85. The number of fused-ring (bicyclic) bond motifs is 2. The summed E-state index contributed by atoms with van der Waals surface area (Å²) in [6, 6.07) is 14.1. The van der Waals surface area contributed by atoms with Gasteiger partial charge >= 0.3 is 0 Å². The third-order valence-electron chi connectivity index (χ3n) is 3.35. The number of aromatic nitrogens is 1. The Balaban J connectivity index is 1.73. The molecule has 0 saturated carbocycles. The van der Waals surface area contributed by atoms with Crippen LogP contribution < -0.4 is 5.73 Å². The second-order valence-electron chi connectivity index (χ2n) is 4.70. The Bertz CT molecular complexity index is 741. The van der Waals surface area contributed by atoms with Crippen molar-refractivity contribution in [3.8, 4) is 0 Å². The Morgan fingerprint density at radius 3 is 3.00 bits per heavy atom. The van der Waals surface area contributed by atoms with Crippen molar-refractivity contribution in [1.82, 2.24) is 4.98 Å². The van der Waals surface area contributed by atoms with E-state index in [-0.39, 0.29) is 5.25 Å². The monoisotopic (exact) mass is 268 g/mol. The lowest BCUT2D eigenvalue weighted by molar-refractivity contribution is 0.525. The van der Waals surface area contributed by atoms with Gasteiger partial charge in [0.2, 0.25) is 5.89 Å². The zero-order valence-corrected chi connectivity index (χ0v) is 11.0. The van der Waals surface area contributed by atoms with Gasteiger partial charge in [-0.05, 0) is 30.2 Å². The van der Waals surface area contributed by atoms with Crippen molar-refractivity contribution in [3.63, 3.8) is 0 Å². The highest BCUT2D eigenvalue weighted by Crippen LogP contribution is 2.46. The lowest BCUT2D eigenvalue weighted by Crippen LogP contribution is -1.91. The maximum atomic E-state index is 5.85. The fraction of sp³-hybridized carbons (Fsp3) is 0.133.